The Balaban J connectivity index is 2.57. The van der Waals surface area contributed by atoms with Crippen molar-refractivity contribution >= 4 is 15.9 Å². The van der Waals surface area contributed by atoms with E-state index in [1.54, 1.807) is 0 Å². The third kappa shape index (κ3) is 5.96. The van der Waals surface area contributed by atoms with Gasteiger partial charge < -0.3 is 10.1 Å². The lowest BCUT2D eigenvalue weighted by Gasteiger charge is -2.18. The molecule has 0 aromatic heterocycles. The van der Waals surface area contributed by atoms with Gasteiger partial charge in [-0.05, 0) is 29.7 Å². The average molecular weight is 328 g/mol. The molecule has 1 unspecified atom stereocenters. The van der Waals surface area contributed by atoms with Gasteiger partial charge >= 0.3 is 0 Å². The smallest absolute Gasteiger partial charge is 0.122 e. The Bertz CT molecular complexity index is 390. The van der Waals surface area contributed by atoms with Crippen LogP contribution in [0, 0.1) is 5.92 Å². The lowest BCUT2D eigenvalue weighted by atomic mass is 10.0. The number of nitrogens with one attached hydrogen (secondary N) is 1. The molecule has 0 fully saturated rings. The van der Waals surface area contributed by atoms with Gasteiger partial charge in [-0.25, -0.2) is 0 Å². The molecule has 108 valence electrons. The van der Waals surface area contributed by atoms with Crippen molar-refractivity contribution in [3.8, 4) is 5.75 Å². The second-order valence-electron chi connectivity index (χ2n) is 5.82. The number of halogens is 1. The third-order valence-electron chi connectivity index (χ3n) is 2.99. The normalized spacial score (nSPS) is 13.1. The molecule has 0 radical (unpaired) electrons. The van der Waals surface area contributed by atoms with Gasteiger partial charge in [-0.2, -0.15) is 0 Å². The van der Waals surface area contributed by atoms with Gasteiger partial charge in [-0.3, -0.25) is 0 Å². The molecular formula is C16H26BrNO. The van der Waals surface area contributed by atoms with E-state index in [-0.39, 0.29) is 0 Å². The van der Waals surface area contributed by atoms with Crippen molar-refractivity contribution in [3.05, 3.63) is 28.2 Å². The molecule has 0 spiro atoms. The highest BCUT2D eigenvalue weighted by atomic mass is 79.9. The Morgan fingerprint density at radius 2 is 1.84 bits per heavy atom. The van der Waals surface area contributed by atoms with E-state index in [0.717, 1.165) is 23.4 Å². The fourth-order valence-corrected chi connectivity index (χ4v) is 2.21. The second kappa shape index (κ2) is 7.91. The number of benzene rings is 1. The van der Waals surface area contributed by atoms with Crippen LogP contribution >= 0.6 is 15.9 Å². The predicted molar refractivity (Wildman–Crippen MR) is 86.0 cm³/mol. The van der Waals surface area contributed by atoms with Gasteiger partial charge in [-0.1, -0.05) is 50.5 Å². The quantitative estimate of drug-likeness (QED) is 0.791. The molecular weight excluding hydrogens is 302 g/mol. The van der Waals surface area contributed by atoms with Crippen LogP contribution in [0.15, 0.2) is 22.7 Å². The van der Waals surface area contributed by atoms with Crippen molar-refractivity contribution in [2.24, 2.45) is 5.92 Å². The molecule has 0 amide bonds. The van der Waals surface area contributed by atoms with E-state index < -0.39 is 0 Å². The summed E-state index contributed by atoms with van der Waals surface area (Å²) in [5, 5.41) is 3.44. The second-order valence-corrected chi connectivity index (χ2v) is 6.73. The standard InChI is InChI=1S/C16H26BrNO/c1-11(2)15-8-14(17)6-7-16(15)19-10-13(5)9-18-12(3)4/h6-8,11-13,18H,9-10H2,1-5H3. The fraction of sp³-hybridized carbons (Fsp3) is 0.625. The number of rotatable bonds is 7. The van der Waals surface area contributed by atoms with Gasteiger partial charge in [0.25, 0.3) is 0 Å². The van der Waals surface area contributed by atoms with E-state index in [1.165, 1.54) is 5.56 Å². The largest absolute Gasteiger partial charge is 0.493 e. The lowest BCUT2D eigenvalue weighted by Crippen LogP contribution is -2.30. The summed E-state index contributed by atoms with van der Waals surface area (Å²) in [7, 11) is 0. The number of hydrogen-bond donors (Lipinski definition) is 1. The van der Waals surface area contributed by atoms with Crippen LogP contribution in [0.25, 0.3) is 0 Å². The van der Waals surface area contributed by atoms with Crippen LogP contribution in [0.5, 0.6) is 5.75 Å². The zero-order chi connectivity index (χ0) is 14.4. The molecule has 3 heteroatoms. The predicted octanol–water partition coefficient (Wildman–Crippen LogP) is 4.59. The Hall–Kier alpha value is -0.540. The zero-order valence-electron chi connectivity index (χ0n) is 12.7. The van der Waals surface area contributed by atoms with Crippen LogP contribution in [0.4, 0.5) is 0 Å². The molecule has 0 saturated heterocycles. The van der Waals surface area contributed by atoms with Crippen molar-refractivity contribution in [2.75, 3.05) is 13.2 Å². The summed E-state index contributed by atoms with van der Waals surface area (Å²) in [6.07, 6.45) is 0. The molecule has 1 aromatic rings. The van der Waals surface area contributed by atoms with Gasteiger partial charge in [0.1, 0.15) is 5.75 Å². The van der Waals surface area contributed by atoms with Crippen LogP contribution < -0.4 is 10.1 Å². The Labute approximate surface area is 126 Å². The van der Waals surface area contributed by atoms with E-state index in [4.69, 9.17) is 4.74 Å². The summed E-state index contributed by atoms with van der Waals surface area (Å²) >= 11 is 3.52. The van der Waals surface area contributed by atoms with Gasteiger partial charge in [0, 0.05) is 23.0 Å². The fourth-order valence-electron chi connectivity index (χ4n) is 1.83. The topological polar surface area (TPSA) is 21.3 Å². The van der Waals surface area contributed by atoms with Gasteiger partial charge in [0.15, 0.2) is 0 Å². The van der Waals surface area contributed by atoms with Gasteiger partial charge in [0.05, 0.1) is 6.61 Å². The first-order valence-electron chi connectivity index (χ1n) is 7.05. The third-order valence-corrected chi connectivity index (χ3v) is 3.49. The Morgan fingerprint density at radius 1 is 1.16 bits per heavy atom. The van der Waals surface area contributed by atoms with Crippen molar-refractivity contribution in [2.45, 2.75) is 46.6 Å². The van der Waals surface area contributed by atoms with Crippen LogP contribution in [0.1, 0.15) is 46.1 Å². The van der Waals surface area contributed by atoms with E-state index >= 15 is 0 Å². The molecule has 0 saturated carbocycles. The summed E-state index contributed by atoms with van der Waals surface area (Å²) in [6, 6.07) is 6.78. The summed E-state index contributed by atoms with van der Waals surface area (Å²) in [5.41, 5.74) is 1.26. The SMILES string of the molecule is CC(CNC(C)C)COc1ccc(Br)cc1C(C)C. The summed E-state index contributed by atoms with van der Waals surface area (Å²) in [4.78, 5) is 0. The van der Waals surface area contributed by atoms with Crippen LogP contribution in [0.2, 0.25) is 0 Å². The lowest BCUT2D eigenvalue weighted by molar-refractivity contribution is 0.250. The van der Waals surface area contributed by atoms with Crippen molar-refractivity contribution in [1.29, 1.82) is 0 Å². The van der Waals surface area contributed by atoms with Crippen LogP contribution in [-0.4, -0.2) is 19.2 Å². The van der Waals surface area contributed by atoms with Crippen LogP contribution in [0.3, 0.4) is 0 Å². The minimum atomic E-state index is 0.469. The number of hydrogen-bond acceptors (Lipinski definition) is 2. The monoisotopic (exact) mass is 327 g/mol. The number of ether oxygens (including phenoxy) is 1. The molecule has 2 nitrogen and oxygen atoms in total. The molecule has 19 heavy (non-hydrogen) atoms. The van der Waals surface area contributed by atoms with Crippen molar-refractivity contribution in [1.82, 2.24) is 5.32 Å². The molecule has 0 heterocycles. The van der Waals surface area contributed by atoms with E-state index in [2.05, 4.69) is 68.0 Å². The maximum absolute atomic E-state index is 5.99. The molecule has 1 aromatic carbocycles. The summed E-state index contributed by atoms with van der Waals surface area (Å²) < 4.78 is 7.10. The Kier molecular flexibility index (Phi) is 6.87. The zero-order valence-corrected chi connectivity index (χ0v) is 14.3. The first kappa shape index (κ1) is 16.5. The van der Waals surface area contributed by atoms with Crippen molar-refractivity contribution in [3.63, 3.8) is 0 Å². The van der Waals surface area contributed by atoms with Gasteiger partial charge in [0.2, 0.25) is 0 Å². The molecule has 0 aliphatic rings. The Morgan fingerprint density at radius 3 is 2.42 bits per heavy atom. The highest BCUT2D eigenvalue weighted by Crippen LogP contribution is 2.29. The molecule has 1 N–H and O–H groups in total. The molecule has 1 rings (SSSR count). The summed E-state index contributed by atoms with van der Waals surface area (Å²) in [5.74, 6) is 1.98. The molecule has 0 aliphatic carbocycles. The van der Waals surface area contributed by atoms with Crippen molar-refractivity contribution < 1.29 is 4.74 Å². The van der Waals surface area contributed by atoms with Crippen LogP contribution in [-0.2, 0) is 0 Å². The van der Waals surface area contributed by atoms with E-state index in [1.807, 2.05) is 6.07 Å². The first-order chi connectivity index (χ1) is 8.90. The molecule has 0 aliphatic heterocycles. The maximum Gasteiger partial charge on any atom is 0.122 e. The molecule has 1 atom stereocenters. The minimum absolute atomic E-state index is 0.469. The average Bonchev–Trinajstić information content (AvgIpc) is 2.34. The first-order valence-corrected chi connectivity index (χ1v) is 7.85. The maximum atomic E-state index is 5.99. The summed E-state index contributed by atoms with van der Waals surface area (Å²) in [6.45, 7) is 12.7. The van der Waals surface area contributed by atoms with E-state index in [9.17, 15) is 0 Å². The highest BCUT2D eigenvalue weighted by molar-refractivity contribution is 9.10. The highest BCUT2D eigenvalue weighted by Gasteiger charge is 2.10. The van der Waals surface area contributed by atoms with Gasteiger partial charge in [-0.15, -0.1) is 0 Å². The molecule has 0 bridgehead atoms. The minimum Gasteiger partial charge on any atom is -0.493 e. The van der Waals surface area contributed by atoms with E-state index in [0.29, 0.717) is 17.9 Å².